The van der Waals surface area contributed by atoms with Gasteiger partial charge >= 0.3 is 0 Å². The highest BCUT2D eigenvalue weighted by Crippen LogP contribution is 2.37. The van der Waals surface area contributed by atoms with Gasteiger partial charge in [0.1, 0.15) is 0 Å². The molecule has 0 aliphatic heterocycles. The van der Waals surface area contributed by atoms with Crippen molar-refractivity contribution in [3.63, 3.8) is 0 Å². The molecule has 1 aliphatic rings. The van der Waals surface area contributed by atoms with Crippen LogP contribution in [0.4, 0.5) is 0 Å². The molecule has 18 heavy (non-hydrogen) atoms. The van der Waals surface area contributed by atoms with Gasteiger partial charge < -0.3 is 14.8 Å². The Morgan fingerprint density at radius 2 is 1.94 bits per heavy atom. The van der Waals surface area contributed by atoms with E-state index < -0.39 is 0 Å². The minimum atomic E-state index is 0.345. The van der Waals surface area contributed by atoms with Crippen molar-refractivity contribution in [1.82, 2.24) is 5.32 Å². The predicted octanol–water partition coefficient (Wildman–Crippen LogP) is 3.01. The van der Waals surface area contributed by atoms with E-state index in [4.69, 9.17) is 9.47 Å². The lowest BCUT2D eigenvalue weighted by Crippen LogP contribution is -2.21. The molecule has 1 fully saturated rings. The zero-order valence-corrected chi connectivity index (χ0v) is 11.7. The third-order valence-corrected chi connectivity index (χ3v) is 3.87. The van der Waals surface area contributed by atoms with Crippen LogP contribution in [0.3, 0.4) is 0 Å². The number of benzene rings is 1. The summed E-state index contributed by atoms with van der Waals surface area (Å²) in [6, 6.07) is 6.45. The molecule has 0 aromatic heterocycles. The summed E-state index contributed by atoms with van der Waals surface area (Å²) in [5.74, 6) is 3.34. The summed E-state index contributed by atoms with van der Waals surface area (Å²) < 4.78 is 10.6. The zero-order valence-electron chi connectivity index (χ0n) is 11.7. The van der Waals surface area contributed by atoms with E-state index in [0.29, 0.717) is 6.04 Å². The van der Waals surface area contributed by atoms with Crippen LogP contribution in [-0.4, -0.2) is 20.8 Å². The maximum absolute atomic E-state index is 5.33. The van der Waals surface area contributed by atoms with Gasteiger partial charge in [-0.15, -0.1) is 0 Å². The van der Waals surface area contributed by atoms with Gasteiger partial charge in [0.15, 0.2) is 11.5 Å². The first-order chi connectivity index (χ1) is 8.65. The van der Waals surface area contributed by atoms with Crippen molar-refractivity contribution in [3.05, 3.63) is 23.8 Å². The van der Waals surface area contributed by atoms with Gasteiger partial charge in [-0.1, -0.05) is 13.0 Å². The lowest BCUT2D eigenvalue weighted by molar-refractivity contribution is 0.354. The van der Waals surface area contributed by atoms with Gasteiger partial charge in [0, 0.05) is 6.04 Å². The fourth-order valence-corrected chi connectivity index (χ4v) is 2.25. The summed E-state index contributed by atoms with van der Waals surface area (Å²) in [6.07, 6.45) is 1.37. The van der Waals surface area contributed by atoms with Crippen LogP contribution in [0, 0.1) is 11.8 Å². The van der Waals surface area contributed by atoms with Gasteiger partial charge in [-0.2, -0.15) is 0 Å². The molecule has 2 rings (SSSR count). The summed E-state index contributed by atoms with van der Waals surface area (Å²) in [5, 5.41) is 3.58. The smallest absolute Gasteiger partial charge is 0.161 e. The van der Waals surface area contributed by atoms with E-state index in [1.165, 1.54) is 12.0 Å². The Bertz CT molecular complexity index is 405. The average Bonchev–Trinajstić information content (AvgIpc) is 3.11. The fraction of sp³-hybridized carbons (Fsp3) is 0.600. The highest BCUT2D eigenvalue weighted by atomic mass is 16.5. The molecule has 1 N–H and O–H groups in total. The molecule has 0 amide bonds. The Labute approximate surface area is 109 Å². The van der Waals surface area contributed by atoms with Crippen LogP contribution in [0.15, 0.2) is 18.2 Å². The van der Waals surface area contributed by atoms with Gasteiger partial charge in [0.25, 0.3) is 0 Å². The molecular weight excluding hydrogens is 226 g/mol. The normalized spacial score (nSPS) is 23.6. The van der Waals surface area contributed by atoms with E-state index in [1.807, 2.05) is 12.1 Å². The summed E-state index contributed by atoms with van der Waals surface area (Å²) in [4.78, 5) is 0. The van der Waals surface area contributed by atoms with Crippen LogP contribution < -0.4 is 14.8 Å². The molecule has 0 radical (unpaired) electrons. The largest absolute Gasteiger partial charge is 0.493 e. The van der Waals surface area contributed by atoms with Gasteiger partial charge in [-0.25, -0.2) is 0 Å². The first-order valence-corrected chi connectivity index (χ1v) is 6.61. The van der Waals surface area contributed by atoms with Crippen LogP contribution in [0.1, 0.15) is 31.9 Å². The molecule has 1 aromatic carbocycles. The molecule has 1 saturated carbocycles. The molecule has 0 bridgehead atoms. The Morgan fingerprint density at radius 3 is 2.50 bits per heavy atom. The van der Waals surface area contributed by atoms with Crippen LogP contribution in [0.2, 0.25) is 0 Å². The summed E-state index contributed by atoms with van der Waals surface area (Å²) in [6.45, 7) is 5.61. The van der Waals surface area contributed by atoms with Gasteiger partial charge in [-0.3, -0.25) is 0 Å². The van der Waals surface area contributed by atoms with Crippen molar-refractivity contribution >= 4 is 0 Å². The Kier molecular flexibility index (Phi) is 4.12. The average molecular weight is 249 g/mol. The number of hydrogen-bond acceptors (Lipinski definition) is 3. The molecular formula is C15H23NO2. The molecule has 0 heterocycles. The zero-order chi connectivity index (χ0) is 13.1. The van der Waals surface area contributed by atoms with E-state index in [2.05, 4.69) is 25.2 Å². The van der Waals surface area contributed by atoms with Crippen LogP contribution >= 0.6 is 0 Å². The van der Waals surface area contributed by atoms with E-state index in [9.17, 15) is 0 Å². The van der Waals surface area contributed by atoms with E-state index in [0.717, 1.165) is 29.9 Å². The molecule has 3 atom stereocenters. The second-order valence-corrected chi connectivity index (χ2v) is 5.22. The molecule has 3 heteroatoms. The van der Waals surface area contributed by atoms with Crippen LogP contribution in [0.25, 0.3) is 0 Å². The lowest BCUT2D eigenvalue weighted by atomic mass is 10.1. The summed E-state index contributed by atoms with van der Waals surface area (Å²) >= 11 is 0. The second-order valence-electron chi connectivity index (χ2n) is 5.22. The molecule has 0 spiro atoms. The van der Waals surface area contributed by atoms with E-state index in [-0.39, 0.29) is 0 Å². The number of ether oxygens (including phenoxy) is 2. The highest BCUT2D eigenvalue weighted by Gasteiger charge is 2.32. The van der Waals surface area contributed by atoms with E-state index in [1.54, 1.807) is 14.2 Å². The van der Waals surface area contributed by atoms with Crippen molar-refractivity contribution in [2.75, 3.05) is 20.8 Å². The summed E-state index contributed by atoms with van der Waals surface area (Å²) in [5.41, 5.74) is 1.24. The van der Waals surface area contributed by atoms with Crippen molar-refractivity contribution < 1.29 is 9.47 Å². The van der Waals surface area contributed by atoms with E-state index >= 15 is 0 Å². The number of hydrogen-bond donors (Lipinski definition) is 1. The van der Waals surface area contributed by atoms with Gasteiger partial charge in [-0.05, 0) is 49.4 Å². The second kappa shape index (κ2) is 5.61. The van der Waals surface area contributed by atoms with Crippen molar-refractivity contribution in [1.29, 1.82) is 0 Å². The lowest BCUT2D eigenvalue weighted by Gasteiger charge is -2.16. The summed E-state index contributed by atoms with van der Waals surface area (Å²) in [7, 11) is 3.33. The van der Waals surface area contributed by atoms with Gasteiger partial charge in [0.2, 0.25) is 0 Å². The maximum Gasteiger partial charge on any atom is 0.161 e. The molecule has 1 aliphatic carbocycles. The number of methoxy groups -OCH3 is 2. The SMILES string of the molecule is COc1ccc(C(C)NCC2CC2C)cc1OC. The third-order valence-electron chi connectivity index (χ3n) is 3.87. The minimum Gasteiger partial charge on any atom is -0.493 e. The minimum absolute atomic E-state index is 0.345. The Morgan fingerprint density at radius 1 is 1.28 bits per heavy atom. The predicted molar refractivity (Wildman–Crippen MR) is 73.2 cm³/mol. The van der Waals surface area contributed by atoms with Crippen LogP contribution in [-0.2, 0) is 0 Å². The highest BCUT2D eigenvalue weighted by molar-refractivity contribution is 5.43. The molecule has 3 nitrogen and oxygen atoms in total. The molecule has 100 valence electrons. The number of rotatable bonds is 6. The number of nitrogens with one attached hydrogen (secondary N) is 1. The first kappa shape index (κ1) is 13.2. The Balaban J connectivity index is 1.98. The first-order valence-electron chi connectivity index (χ1n) is 6.61. The molecule has 1 aromatic rings. The fourth-order valence-electron chi connectivity index (χ4n) is 2.25. The van der Waals surface area contributed by atoms with Crippen LogP contribution in [0.5, 0.6) is 11.5 Å². The monoisotopic (exact) mass is 249 g/mol. The molecule has 0 saturated heterocycles. The topological polar surface area (TPSA) is 30.5 Å². The van der Waals surface area contributed by atoms with Crippen molar-refractivity contribution in [2.45, 2.75) is 26.3 Å². The van der Waals surface area contributed by atoms with Crippen molar-refractivity contribution in [2.24, 2.45) is 11.8 Å². The Hall–Kier alpha value is -1.22. The third kappa shape index (κ3) is 2.96. The van der Waals surface area contributed by atoms with Crippen molar-refractivity contribution in [3.8, 4) is 11.5 Å². The molecule has 3 unspecified atom stereocenters. The quantitative estimate of drug-likeness (QED) is 0.840. The van der Waals surface area contributed by atoms with Gasteiger partial charge in [0.05, 0.1) is 14.2 Å². The standard InChI is InChI=1S/C15H23NO2/c1-10-7-13(10)9-16-11(2)12-5-6-14(17-3)15(8-12)18-4/h5-6,8,10-11,13,16H,7,9H2,1-4H3. The maximum atomic E-state index is 5.33.